The number of esters is 4. The Balaban J connectivity index is 2.59. The summed E-state index contributed by atoms with van der Waals surface area (Å²) in [6.45, 7) is 3.04. The Kier molecular flexibility index (Phi) is 8.61. The normalized spacial score (nSPS) is 23.7. The Morgan fingerprint density at radius 1 is 0.971 bits per heavy atom. The van der Waals surface area contributed by atoms with Crippen molar-refractivity contribution in [3.8, 4) is 5.75 Å². The summed E-state index contributed by atoms with van der Waals surface area (Å²) in [5.41, 5.74) is -0.671. The smallest absolute Gasteiger partial charge is 0.339 e. The van der Waals surface area contributed by atoms with E-state index in [2.05, 4.69) is 4.74 Å². The highest BCUT2D eigenvalue weighted by atomic mass is 16.7. The second kappa shape index (κ2) is 11.2. The highest BCUT2D eigenvalue weighted by Gasteiger charge is 2.56. The van der Waals surface area contributed by atoms with Crippen LogP contribution >= 0.6 is 0 Å². The van der Waals surface area contributed by atoms with Crippen LogP contribution in [0.5, 0.6) is 5.75 Å². The molecule has 5 unspecified atom stereocenters. The van der Waals surface area contributed by atoms with E-state index in [0.717, 1.165) is 40.0 Å². The molecule has 34 heavy (non-hydrogen) atoms. The third-order valence-corrected chi connectivity index (χ3v) is 4.39. The molecule has 0 saturated carbocycles. The van der Waals surface area contributed by atoms with Gasteiger partial charge in [-0.05, 0) is 12.1 Å². The van der Waals surface area contributed by atoms with Crippen LogP contribution in [0.15, 0.2) is 18.2 Å². The molecule has 1 heterocycles. The number of carbonyl (C=O) groups is 5. The molecular formula is C20H21NO13. The van der Waals surface area contributed by atoms with Gasteiger partial charge in [0.25, 0.3) is 0 Å². The Labute approximate surface area is 192 Å². The molecule has 1 fully saturated rings. The number of methoxy groups -OCH3 is 1. The van der Waals surface area contributed by atoms with Crippen molar-refractivity contribution in [1.82, 2.24) is 0 Å². The van der Waals surface area contributed by atoms with Gasteiger partial charge in [0.2, 0.25) is 12.4 Å². The molecule has 0 spiro atoms. The van der Waals surface area contributed by atoms with Crippen LogP contribution in [-0.2, 0) is 42.9 Å². The van der Waals surface area contributed by atoms with Gasteiger partial charge in [-0.1, -0.05) is 0 Å². The average Bonchev–Trinajstić information content (AvgIpc) is 2.76. The number of nitrogens with zero attached hydrogens (tertiary/aromatic N) is 1. The van der Waals surface area contributed by atoms with Gasteiger partial charge in [0, 0.05) is 32.4 Å². The molecule has 0 bridgehead atoms. The highest BCUT2D eigenvalue weighted by Crippen LogP contribution is 2.34. The van der Waals surface area contributed by atoms with Crippen LogP contribution in [0.4, 0.5) is 5.69 Å². The summed E-state index contributed by atoms with van der Waals surface area (Å²) in [5, 5.41) is 11.5. The van der Waals surface area contributed by atoms with Gasteiger partial charge in [-0.25, -0.2) is 4.79 Å². The molecule has 0 N–H and O–H groups in total. The number of hydrogen-bond acceptors (Lipinski definition) is 13. The molecule has 184 valence electrons. The molecule has 5 atom stereocenters. The molecule has 2 rings (SSSR count). The van der Waals surface area contributed by atoms with Crippen LogP contribution in [0.2, 0.25) is 0 Å². The van der Waals surface area contributed by atoms with E-state index in [1.54, 1.807) is 0 Å². The number of rotatable bonds is 8. The maximum atomic E-state index is 12.4. The molecular weight excluding hydrogens is 462 g/mol. The van der Waals surface area contributed by atoms with E-state index in [1.807, 2.05) is 0 Å². The van der Waals surface area contributed by atoms with Crippen molar-refractivity contribution < 1.29 is 57.3 Å². The van der Waals surface area contributed by atoms with Crippen LogP contribution in [-0.4, -0.2) is 72.9 Å². The lowest BCUT2D eigenvalue weighted by Gasteiger charge is -2.42. The predicted molar refractivity (Wildman–Crippen MR) is 106 cm³/mol. The van der Waals surface area contributed by atoms with Gasteiger partial charge >= 0.3 is 29.6 Å². The molecule has 1 aliphatic heterocycles. The van der Waals surface area contributed by atoms with E-state index in [0.29, 0.717) is 6.29 Å². The Morgan fingerprint density at radius 2 is 1.53 bits per heavy atom. The first-order valence-corrected chi connectivity index (χ1v) is 9.63. The zero-order valence-electron chi connectivity index (χ0n) is 18.5. The van der Waals surface area contributed by atoms with Crippen LogP contribution in [0.1, 0.15) is 31.1 Å². The first kappa shape index (κ1) is 26.2. The van der Waals surface area contributed by atoms with Crippen LogP contribution in [0.3, 0.4) is 0 Å². The van der Waals surface area contributed by atoms with E-state index in [1.165, 1.54) is 6.07 Å². The van der Waals surface area contributed by atoms with Gasteiger partial charge in [0.1, 0.15) is 6.29 Å². The second-order valence-corrected chi connectivity index (χ2v) is 6.89. The fourth-order valence-electron chi connectivity index (χ4n) is 3.15. The number of hydrogen-bond donors (Lipinski definition) is 0. The minimum absolute atomic E-state index is 0.0275. The van der Waals surface area contributed by atoms with Gasteiger partial charge in [0.05, 0.1) is 12.0 Å². The molecule has 14 heteroatoms. The summed E-state index contributed by atoms with van der Waals surface area (Å²) in [6, 6.07) is 3.22. The monoisotopic (exact) mass is 483 g/mol. The minimum Gasteiger partial charge on any atom is -0.467 e. The molecule has 0 aliphatic carbocycles. The quantitative estimate of drug-likeness (QED) is 0.164. The number of carbonyl (C=O) groups excluding carboxylic acids is 5. The summed E-state index contributed by atoms with van der Waals surface area (Å²) < 4.78 is 31.2. The average molecular weight is 483 g/mol. The van der Waals surface area contributed by atoms with Gasteiger partial charge in [-0.2, -0.15) is 0 Å². The number of nitro benzene ring substituents is 1. The summed E-state index contributed by atoms with van der Waals surface area (Å²) in [4.78, 5) is 69.2. The van der Waals surface area contributed by atoms with Crippen LogP contribution < -0.4 is 4.74 Å². The Hall–Kier alpha value is -4.07. The summed E-state index contributed by atoms with van der Waals surface area (Å²) in [6.07, 6.45) is -8.01. The van der Waals surface area contributed by atoms with E-state index in [4.69, 9.17) is 23.7 Å². The minimum atomic E-state index is -1.77. The van der Waals surface area contributed by atoms with E-state index >= 15 is 0 Å². The molecule has 1 aromatic rings. The zero-order valence-corrected chi connectivity index (χ0v) is 18.5. The lowest BCUT2D eigenvalue weighted by atomic mass is 9.97. The lowest BCUT2D eigenvalue weighted by Crippen LogP contribution is -2.64. The van der Waals surface area contributed by atoms with Gasteiger partial charge in [-0.15, -0.1) is 0 Å². The van der Waals surface area contributed by atoms with Crippen molar-refractivity contribution in [1.29, 1.82) is 0 Å². The molecule has 1 aliphatic rings. The third-order valence-electron chi connectivity index (χ3n) is 4.39. The Bertz CT molecular complexity index is 991. The number of ether oxygens (including phenoxy) is 6. The molecule has 0 amide bonds. The maximum absolute atomic E-state index is 12.4. The molecule has 14 nitrogen and oxygen atoms in total. The fourth-order valence-corrected chi connectivity index (χ4v) is 3.15. The van der Waals surface area contributed by atoms with Gasteiger partial charge < -0.3 is 28.4 Å². The lowest BCUT2D eigenvalue weighted by molar-refractivity contribution is -0.387. The number of benzene rings is 1. The first-order valence-electron chi connectivity index (χ1n) is 9.63. The van der Waals surface area contributed by atoms with E-state index in [-0.39, 0.29) is 5.56 Å². The first-order chi connectivity index (χ1) is 16.0. The zero-order chi connectivity index (χ0) is 25.6. The summed E-state index contributed by atoms with van der Waals surface area (Å²) in [7, 11) is 1.01. The van der Waals surface area contributed by atoms with Crippen molar-refractivity contribution in [2.24, 2.45) is 0 Å². The molecule has 0 aromatic heterocycles. The highest BCUT2D eigenvalue weighted by molar-refractivity contribution is 5.78. The van der Waals surface area contributed by atoms with Crippen molar-refractivity contribution in [2.75, 3.05) is 7.11 Å². The van der Waals surface area contributed by atoms with Gasteiger partial charge in [0.15, 0.2) is 24.1 Å². The number of aldehydes is 1. The number of nitro groups is 1. The Morgan fingerprint density at radius 3 is 2.03 bits per heavy atom. The van der Waals surface area contributed by atoms with Crippen LogP contribution in [0, 0.1) is 10.1 Å². The van der Waals surface area contributed by atoms with Crippen molar-refractivity contribution in [2.45, 2.75) is 51.5 Å². The predicted octanol–water partition coefficient (Wildman–Crippen LogP) is 0.479. The van der Waals surface area contributed by atoms with Crippen molar-refractivity contribution in [3.63, 3.8) is 0 Å². The van der Waals surface area contributed by atoms with Crippen LogP contribution in [0.25, 0.3) is 0 Å². The van der Waals surface area contributed by atoms with Crippen molar-refractivity contribution >= 4 is 35.9 Å². The van der Waals surface area contributed by atoms with E-state index in [9.17, 15) is 34.1 Å². The second-order valence-electron chi connectivity index (χ2n) is 6.89. The third kappa shape index (κ3) is 6.25. The maximum Gasteiger partial charge on any atom is 0.339 e. The fraction of sp³-hybridized carbons (Fsp3) is 0.450. The molecule has 0 radical (unpaired) electrons. The molecule has 1 aromatic carbocycles. The molecule has 1 saturated heterocycles. The van der Waals surface area contributed by atoms with Crippen molar-refractivity contribution in [3.05, 3.63) is 33.9 Å². The van der Waals surface area contributed by atoms with E-state index < -0.39 is 70.9 Å². The standard InChI is InChI=1S/C20H21NO13/c1-9(23)30-15-16(31-10(2)24)18(32-11(3)25)20(34-17(15)19(26)29-4)33-14-6-5-12(8-22)7-13(14)21(27)28/h5-8,15-18,20H,1-4H3. The van der Waals surface area contributed by atoms with Gasteiger partial charge in [-0.3, -0.25) is 29.3 Å². The summed E-state index contributed by atoms with van der Waals surface area (Å²) in [5.74, 6) is -4.17. The summed E-state index contributed by atoms with van der Waals surface area (Å²) >= 11 is 0. The topological polar surface area (TPSA) is 184 Å². The SMILES string of the molecule is COC(=O)C1OC(Oc2ccc(C=O)cc2[N+](=O)[O-])C(OC(C)=O)C(OC(C)=O)C1OC(C)=O. The largest absolute Gasteiger partial charge is 0.467 e.